The highest BCUT2D eigenvalue weighted by molar-refractivity contribution is 5.81. The summed E-state index contributed by atoms with van der Waals surface area (Å²) in [5.41, 5.74) is 5.84. The van der Waals surface area contributed by atoms with E-state index in [4.69, 9.17) is 5.73 Å². The van der Waals surface area contributed by atoms with E-state index in [1.54, 1.807) is 0 Å². The van der Waals surface area contributed by atoms with Crippen LogP contribution in [0.2, 0.25) is 0 Å². The summed E-state index contributed by atoms with van der Waals surface area (Å²) in [4.78, 5) is 14.1. The van der Waals surface area contributed by atoms with Crippen molar-refractivity contribution >= 4 is 5.91 Å². The molecule has 1 aliphatic rings. The van der Waals surface area contributed by atoms with Gasteiger partial charge in [-0.25, -0.2) is 0 Å². The van der Waals surface area contributed by atoms with Crippen molar-refractivity contribution in [3.63, 3.8) is 0 Å². The zero-order valence-corrected chi connectivity index (χ0v) is 11.4. The fourth-order valence-corrected chi connectivity index (χ4v) is 2.26. The van der Waals surface area contributed by atoms with Crippen LogP contribution in [-0.2, 0) is 4.79 Å². The standard InChI is InChI=1S/C13H27N3O/c1-10(2)8-12(14)13(17)15-9-11-4-6-16(3)7-5-11/h10-12H,4-9,14H2,1-3H3,(H,15,17). The minimum Gasteiger partial charge on any atom is -0.354 e. The van der Waals surface area contributed by atoms with Crippen molar-refractivity contribution in [3.8, 4) is 0 Å². The summed E-state index contributed by atoms with van der Waals surface area (Å²) in [6, 6.07) is -0.346. The highest BCUT2D eigenvalue weighted by Gasteiger charge is 2.19. The Kier molecular flexibility index (Phi) is 5.92. The van der Waals surface area contributed by atoms with Crippen LogP contribution >= 0.6 is 0 Å². The summed E-state index contributed by atoms with van der Waals surface area (Å²) in [7, 11) is 2.15. The van der Waals surface area contributed by atoms with Crippen molar-refractivity contribution in [2.45, 2.75) is 39.2 Å². The van der Waals surface area contributed by atoms with Gasteiger partial charge in [0.15, 0.2) is 0 Å². The SMILES string of the molecule is CC(C)CC(N)C(=O)NCC1CCN(C)CC1. The van der Waals surface area contributed by atoms with E-state index >= 15 is 0 Å². The molecular weight excluding hydrogens is 214 g/mol. The van der Waals surface area contributed by atoms with Gasteiger partial charge >= 0.3 is 0 Å². The van der Waals surface area contributed by atoms with Crippen LogP contribution in [0.15, 0.2) is 0 Å². The molecule has 1 unspecified atom stereocenters. The number of rotatable bonds is 5. The second kappa shape index (κ2) is 6.97. The van der Waals surface area contributed by atoms with E-state index in [-0.39, 0.29) is 11.9 Å². The minimum absolute atomic E-state index is 0.0117. The number of nitrogens with zero attached hydrogens (tertiary/aromatic N) is 1. The van der Waals surface area contributed by atoms with Crippen LogP contribution in [0, 0.1) is 11.8 Å². The first-order chi connectivity index (χ1) is 7.99. The van der Waals surface area contributed by atoms with Gasteiger partial charge in [0.05, 0.1) is 6.04 Å². The molecule has 0 aromatic heterocycles. The van der Waals surface area contributed by atoms with Crippen LogP contribution in [0.4, 0.5) is 0 Å². The summed E-state index contributed by atoms with van der Waals surface area (Å²) in [5.74, 6) is 1.11. The molecule has 4 heteroatoms. The fourth-order valence-electron chi connectivity index (χ4n) is 2.26. The molecule has 1 saturated heterocycles. The second-order valence-corrected chi connectivity index (χ2v) is 5.73. The lowest BCUT2D eigenvalue weighted by Crippen LogP contribution is -2.44. The number of likely N-dealkylation sites (tertiary alicyclic amines) is 1. The average Bonchev–Trinajstić information content (AvgIpc) is 2.27. The zero-order chi connectivity index (χ0) is 12.8. The first-order valence-corrected chi connectivity index (χ1v) is 6.71. The van der Waals surface area contributed by atoms with Gasteiger partial charge in [0, 0.05) is 6.54 Å². The number of hydrogen-bond donors (Lipinski definition) is 2. The number of nitrogens with one attached hydrogen (secondary N) is 1. The molecule has 1 atom stereocenters. The molecule has 1 heterocycles. The Bertz CT molecular complexity index is 235. The van der Waals surface area contributed by atoms with Crippen molar-refractivity contribution in [1.82, 2.24) is 10.2 Å². The number of carbonyl (C=O) groups excluding carboxylic acids is 1. The molecule has 1 fully saturated rings. The van der Waals surface area contributed by atoms with E-state index in [1.165, 1.54) is 12.8 Å². The molecule has 0 aliphatic carbocycles. The minimum atomic E-state index is -0.346. The number of amides is 1. The number of piperidine rings is 1. The highest BCUT2D eigenvalue weighted by atomic mass is 16.2. The highest BCUT2D eigenvalue weighted by Crippen LogP contribution is 2.14. The first-order valence-electron chi connectivity index (χ1n) is 6.71. The number of hydrogen-bond acceptors (Lipinski definition) is 3. The largest absolute Gasteiger partial charge is 0.354 e. The second-order valence-electron chi connectivity index (χ2n) is 5.73. The topological polar surface area (TPSA) is 58.4 Å². The lowest BCUT2D eigenvalue weighted by molar-refractivity contribution is -0.122. The van der Waals surface area contributed by atoms with Gasteiger partial charge in [-0.15, -0.1) is 0 Å². The fraction of sp³-hybridized carbons (Fsp3) is 0.923. The Balaban J connectivity index is 2.19. The van der Waals surface area contributed by atoms with E-state index in [0.29, 0.717) is 11.8 Å². The van der Waals surface area contributed by atoms with Crippen LogP contribution in [0.1, 0.15) is 33.1 Å². The Labute approximate surface area is 105 Å². The molecule has 3 N–H and O–H groups in total. The first kappa shape index (κ1) is 14.5. The Morgan fingerprint density at radius 1 is 1.41 bits per heavy atom. The van der Waals surface area contributed by atoms with Crippen molar-refractivity contribution < 1.29 is 4.79 Å². The third-order valence-corrected chi connectivity index (χ3v) is 3.47. The molecule has 1 amide bonds. The van der Waals surface area contributed by atoms with Crippen LogP contribution in [-0.4, -0.2) is 43.5 Å². The van der Waals surface area contributed by atoms with Gasteiger partial charge in [0.2, 0.25) is 5.91 Å². The molecule has 1 rings (SSSR count). The van der Waals surface area contributed by atoms with Gasteiger partial charge in [-0.1, -0.05) is 13.8 Å². The third-order valence-electron chi connectivity index (χ3n) is 3.47. The smallest absolute Gasteiger partial charge is 0.236 e. The van der Waals surface area contributed by atoms with Crippen molar-refractivity contribution in [2.75, 3.05) is 26.7 Å². The molecule has 0 bridgehead atoms. The zero-order valence-electron chi connectivity index (χ0n) is 11.4. The van der Waals surface area contributed by atoms with Gasteiger partial charge in [0.1, 0.15) is 0 Å². The molecular formula is C13H27N3O. The lowest BCUT2D eigenvalue weighted by atomic mass is 9.97. The van der Waals surface area contributed by atoms with E-state index in [1.807, 2.05) is 0 Å². The Morgan fingerprint density at radius 2 is 2.00 bits per heavy atom. The Morgan fingerprint density at radius 3 is 2.53 bits per heavy atom. The summed E-state index contributed by atoms with van der Waals surface area (Å²) in [6.07, 6.45) is 3.12. The van der Waals surface area contributed by atoms with Crippen LogP contribution in [0.25, 0.3) is 0 Å². The molecule has 0 aromatic rings. The van der Waals surface area contributed by atoms with Crippen molar-refractivity contribution in [2.24, 2.45) is 17.6 Å². The predicted octanol–water partition coefficient (Wildman–Crippen LogP) is 0.818. The number of carbonyl (C=O) groups is 1. The molecule has 17 heavy (non-hydrogen) atoms. The Hall–Kier alpha value is -0.610. The van der Waals surface area contributed by atoms with E-state index in [0.717, 1.165) is 26.1 Å². The summed E-state index contributed by atoms with van der Waals surface area (Å²) >= 11 is 0. The maximum atomic E-state index is 11.7. The maximum Gasteiger partial charge on any atom is 0.236 e. The molecule has 0 aromatic carbocycles. The van der Waals surface area contributed by atoms with E-state index in [9.17, 15) is 4.79 Å². The van der Waals surface area contributed by atoms with Gasteiger partial charge < -0.3 is 16.0 Å². The molecule has 0 radical (unpaired) electrons. The normalized spacial score (nSPS) is 20.5. The maximum absolute atomic E-state index is 11.7. The van der Waals surface area contributed by atoms with Crippen LogP contribution in [0.5, 0.6) is 0 Å². The van der Waals surface area contributed by atoms with Gasteiger partial charge in [-0.3, -0.25) is 4.79 Å². The molecule has 1 aliphatic heterocycles. The summed E-state index contributed by atoms with van der Waals surface area (Å²) < 4.78 is 0. The van der Waals surface area contributed by atoms with Crippen molar-refractivity contribution in [3.05, 3.63) is 0 Å². The van der Waals surface area contributed by atoms with Gasteiger partial charge in [-0.05, 0) is 51.2 Å². The molecule has 0 spiro atoms. The lowest BCUT2D eigenvalue weighted by Gasteiger charge is -2.29. The van der Waals surface area contributed by atoms with Gasteiger partial charge in [0.25, 0.3) is 0 Å². The van der Waals surface area contributed by atoms with Crippen LogP contribution in [0.3, 0.4) is 0 Å². The summed E-state index contributed by atoms with van der Waals surface area (Å²) in [5, 5.41) is 2.99. The van der Waals surface area contributed by atoms with E-state index < -0.39 is 0 Å². The molecule has 0 saturated carbocycles. The average molecular weight is 241 g/mol. The van der Waals surface area contributed by atoms with Crippen LogP contribution < -0.4 is 11.1 Å². The summed E-state index contributed by atoms with van der Waals surface area (Å²) in [6.45, 7) is 7.24. The van der Waals surface area contributed by atoms with Gasteiger partial charge in [-0.2, -0.15) is 0 Å². The monoisotopic (exact) mass is 241 g/mol. The third kappa shape index (κ3) is 5.50. The quantitative estimate of drug-likeness (QED) is 0.749. The van der Waals surface area contributed by atoms with Crippen molar-refractivity contribution in [1.29, 1.82) is 0 Å². The molecule has 4 nitrogen and oxygen atoms in total. The molecule has 100 valence electrons. The predicted molar refractivity (Wildman–Crippen MR) is 70.7 cm³/mol. The number of nitrogens with two attached hydrogens (primary N) is 1. The van der Waals surface area contributed by atoms with E-state index in [2.05, 4.69) is 31.1 Å².